The Morgan fingerprint density at radius 2 is 1.92 bits per heavy atom. The number of benzene rings is 2. The molecule has 2 unspecified atom stereocenters. The quantitative estimate of drug-likeness (QED) is 0.336. The number of likely N-dealkylation sites (tertiary alicyclic amines) is 1. The topological polar surface area (TPSA) is 83.3 Å². The summed E-state index contributed by atoms with van der Waals surface area (Å²) in [6, 6.07) is 15.9. The Morgan fingerprint density at radius 3 is 2.64 bits per heavy atom. The first-order valence-electron chi connectivity index (χ1n) is 13.2. The van der Waals surface area contributed by atoms with Crippen LogP contribution in [-0.4, -0.2) is 48.0 Å². The maximum atomic E-state index is 12.5. The van der Waals surface area contributed by atoms with E-state index >= 15 is 0 Å². The largest absolute Gasteiger partial charge is 0.397 e. The highest BCUT2D eigenvalue weighted by atomic mass is 32.1. The summed E-state index contributed by atoms with van der Waals surface area (Å²) in [4.78, 5) is 21.0. The SMILES string of the molecule is Cc1ncc(C2CC2NCC2CCN(CCCc3ccc(C(=O)Nc4ccccc4N)cc3)CC2)s1. The molecule has 2 atom stereocenters. The van der Waals surface area contributed by atoms with Gasteiger partial charge in [0.2, 0.25) is 0 Å². The second-order valence-electron chi connectivity index (χ2n) is 10.3. The number of carbonyl (C=O) groups is 1. The Hall–Kier alpha value is -2.74. The van der Waals surface area contributed by atoms with Crippen molar-refractivity contribution in [3.63, 3.8) is 0 Å². The van der Waals surface area contributed by atoms with Crippen molar-refractivity contribution in [2.24, 2.45) is 5.92 Å². The number of rotatable bonds is 10. The van der Waals surface area contributed by atoms with Crippen LogP contribution in [0.1, 0.15) is 57.4 Å². The number of nitrogen functional groups attached to an aromatic ring is 1. The van der Waals surface area contributed by atoms with E-state index in [9.17, 15) is 4.79 Å². The van der Waals surface area contributed by atoms with Crippen LogP contribution in [0.15, 0.2) is 54.7 Å². The predicted molar refractivity (Wildman–Crippen MR) is 149 cm³/mol. The van der Waals surface area contributed by atoms with E-state index in [-0.39, 0.29) is 5.91 Å². The summed E-state index contributed by atoms with van der Waals surface area (Å²) in [5.74, 6) is 1.37. The first-order chi connectivity index (χ1) is 17.5. The number of nitrogens with one attached hydrogen (secondary N) is 2. The van der Waals surface area contributed by atoms with Crippen LogP contribution in [0.5, 0.6) is 0 Å². The number of hydrogen-bond donors (Lipinski definition) is 3. The van der Waals surface area contributed by atoms with Crippen LogP contribution in [0.3, 0.4) is 0 Å². The molecule has 7 heteroatoms. The minimum atomic E-state index is -0.132. The van der Waals surface area contributed by atoms with Crippen LogP contribution >= 0.6 is 11.3 Å². The van der Waals surface area contributed by atoms with Gasteiger partial charge in [0.05, 0.1) is 16.4 Å². The Morgan fingerprint density at radius 1 is 1.14 bits per heavy atom. The molecule has 36 heavy (non-hydrogen) atoms. The molecule has 190 valence electrons. The van der Waals surface area contributed by atoms with Gasteiger partial charge in [0.25, 0.3) is 5.91 Å². The Balaban J connectivity index is 0.970. The highest BCUT2D eigenvalue weighted by Crippen LogP contribution is 2.43. The normalized spacial score (nSPS) is 20.4. The van der Waals surface area contributed by atoms with Gasteiger partial charge in [-0.25, -0.2) is 4.98 Å². The third-order valence-electron chi connectivity index (χ3n) is 7.54. The number of aromatic nitrogens is 1. The average molecular weight is 504 g/mol. The Labute approximate surface area is 218 Å². The van der Waals surface area contributed by atoms with E-state index in [1.54, 1.807) is 6.07 Å². The number of thiazole rings is 1. The third kappa shape index (κ3) is 6.52. The zero-order valence-electron chi connectivity index (χ0n) is 21.1. The van der Waals surface area contributed by atoms with Gasteiger partial charge in [-0.2, -0.15) is 0 Å². The second kappa shape index (κ2) is 11.5. The van der Waals surface area contributed by atoms with Gasteiger partial charge in [0.1, 0.15) is 0 Å². The van der Waals surface area contributed by atoms with E-state index in [0.29, 0.717) is 28.9 Å². The smallest absolute Gasteiger partial charge is 0.255 e. The van der Waals surface area contributed by atoms with Crippen molar-refractivity contribution in [2.45, 2.75) is 51.0 Å². The summed E-state index contributed by atoms with van der Waals surface area (Å²) < 4.78 is 0. The van der Waals surface area contributed by atoms with E-state index < -0.39 is 0 Å². The summed E-state index contributed by atoms with van der Waals surface area (Å²) in [6.07, 6.45) is 8.11. The maximum absolute atomic E-state index is 12.5. The fourth-order valence-corrected chi connectivity index (χ4v) is 6.12. The fourth-order valence-electron chi connectivity index (χ4n) is 5.15. The number of piperidine rings is 1. The number of anilines is 2. The van der Waals surface area contributed by atoms with E-state index in [1.165, 1.54) is 47.8 Å². The monoisotopic (exact) mass is 503 g/mol. The molecule has 2 fully saturated rings. The molecule has 0 radical (unpaired) electrons. The van der Waals surface area contributed by atoms with Crippen LogP contribution in [0.25, 0.3) is 0 Å². The minimum absolute atomic E-state index is 0.132. The molecule has 0 spiro atoms. The highest BCUT2D eigenvalue weighted by molar-refractivity contribution is 7.11. The van der Waals surface area contributed by atoms with E-state index in [4.69, 9.17) is 5.73 Å². The number of nitrogens with two attached hydrogens (primary N) is 1. The van der Waals surface area contributed by atoms with Gasteiger partial charge in [0.15, 0.2) is 0 Å². The van der Waals surface area contributed by atoms with Crippen LogP contribution in [-0.2, 0) is 6.42 Å². The number of carbonyl (C=O) groups excluding carboxylic acids is 1. The van der Waals surface area contributed by atoms with Crippen LogP contribution in [0.2, 0.25) is 0 Å². The maximum Gasteiger partial charge on any atom is 0.255 e. The standard InChI is InChI=1S/C29H37N5OS/c1-20-31-19-28(36-20)24-17-27(24)32-18-22-12-15-34(16-13-22)14-4-5-21-8-10-23(11-9-21)29(35)33-26-7-3-2-6-25(26)30/h2-3,6-11,19,22,24,27,32H,4-5,12-18,30H2,1H3,(H,33,35). The lowest BCUT2D eigenvalue weighted by molar-refractivity contribution is 0.102. The predicted octanol–water partition coefficient (Wildman–Crippen LogP) is 5.08. The van der Waals surface area contributed by atoms with E-state index in [2.05, 4.69) is 45.8 Å². The second-order valence-corrected chi connectivity index (χ2v) is 11.5. The van der Waals surface area contributed by atoms with Gasteiger partial charge < -0.3 is 21.3 Å². The van der Waals surface area contributed by atoms with Gasteiger partial charge in [-0.15, -0.1) is 11.3 Å². The molecule has 4 N–H and O–H groups in total. The lowest BCUT2D eigenvalue weighted by atomic mass is 9.96. The van der Waals surface area contributed by atoms with Crippen LogP contribution in [0, 0.1) is 12.8 Å². The van der Waals surface area contributed by atoms with E-state index in [1.807, 2.05) is 41.7 Å². The average Bonchev–Trinajstić information content (AvgIpc) is 3.55. The molecular weight excluding hydrogens is 466 g/mol. The molecule has 2 heterocycles. The van der Waals surface area contributed by atoms with Crippen molar-refractivity contribution < 1.29 is 4.79 Å². The molecular formula is C29H37N5OS. The molecule has 3 aromatic rings. The van der Waals surface area contributed by atoms with Crippen molar-refractivity contribution in [1.29, 1.82) is 0 Å². The molecule has 0 bridgehead atoms. The van der Waals surface area contributed by atoms with Gasteiger partial charge in [-0.1, -0.05) is 24.3 Å². The zero-order chi connectivity index (χ0) is 24.9. The number of hydrogen-bond acceptors (Lipinski definition) is 6. The zero-order valence-corrected chi connectivity index (χ0v) is 21.9. The lowest BCUT2D eigenvalue weighted by Gasteiger charge is -2.32. The van der Waals surface area contributed by atoms with Crippen LogP contribution in [0.4, 0.5) is 11.4 Å². The minimum Gasteiger partial charge on any atom is -0.397 e. The summed E-state index contributed by atoms with van der Waals surface area (Å²) >= 11 is 1.85. The number of aryl methyl sites for hydroxylation is 2. The molecule has 2 aromatic carbocycles. The lowest BCUT2D eigenvalue weighted by Crippen LogP contribution is -2.38. The summed E-state index contributed by atoms with van der Waals surface area (Å²) in [5, 5.41) is 7.88. The molecule has 2 aliphatic rings. The molecule has 1 aliphatic carbocycles. The molecule has 1 amide bonds. The van der Waals surface area contributed by atoms with Crippen molar-refractivity contribution in [1.82, 2.24) is 15.2 Å². The molecule has 1 saturated carbocycles. The summed E-state index contributed by atoms with van der Waals surface area (Å²) in [5.41, 5.74) is 9.07. The number of amides is 1. The molecule has 5 rings (SSSR count). The van der Waals surface area contributed by atoms with Crippen molar-refractivity contribution in [2.75, 3.05) is 37.2 Å². The molecule has 1 aliphatic heterocycles. The Bertz CT molecular complexity index is 1150. The van der Waals surface area contributed by atoms with Crippen molar-refractivity contribution in [3.8, 4) is 0 Å². The first kappa shape index (κ1) is 24.9. The summed E-state index contributed by atoms with van der Waals surface area (Å²) in [6.45, 7) is 6.80. The summed E-state index contributed by atoms with van der Waals surface area (Å²) in [7, 11) is 0. The van der Waals surface area contributed by atoms with Gasteiger partial charge >= 0.3 is 0 Å². The molecule has 1 aromatic heterocycles. The highest BCUT2D eigenvalue weighted by Gasteiger charge is 2.39. The number of nitrogens with zero attached hydrogens (tertiary/aromatic N) is 2. The van der Waals surface area contributed by atoms with Crippen LogP contribution < -0.4 is 16.4 Å². The Kier molecular flexibility index (Phi) is 7.99. The van der Waals surface area contributed by atoms with E-state index in [0.717, 1.165) is 31.8 Å². The van der Waals surface area contributed by atoms with Gasteiger partial charge in [-0.3, -0.25) is 4.79 Å². The first-order valence-corrected chi connectivity index (χ1v) is 14.0. The van der Waals surface area contributed by atoms with Crippen molar-refractivity contribution in [3.05, 3.63) is 75.7 Å². The van der Waals surface area contributed by atoms with Gasteiger partial charge in [-0.05, 0) is 101 Å². The third-order valence-corrected chi connectivity index (χ3v) is 8.58. The fraction of sp³-hybridized carbons (Fsp3) is 0.448. The molecule has 6 nitrogen and oxygen atoms in total. The molecule has 1 saturated heterocycles. The van der Waals surface area contributed by atoms with Gasteiger partial charge in [0, 0.05) is 28.6 Å². The number of para-hydroxylation sites is 2. The van der Waals surface area contributed by atoms with Crippen molar-refractivity contribution >= 4 is 28.6 Å².